The standard InChI is InChI=1S/C20H30N4O6S2/c1-6-7-8(29-17(27)11-19(2,3)31-15-9(21)13(25)23(11)15)30-18(28)12-20(4,5)32-16-10(22)14(26)24(12)16/h8-12,15-16H,6-7,21-22H2,1-5H3/t9-,10-,11+,12+,15-,16-/m1/s1. The van der Waals surface area contributed by atoms with E-state index < -0.39 is 51.9 Å². The van der Waals surface area contributed by atoms with Crippen molar-refractivity contribution in [1.29, 1.82) is 0 Å². The molecule has 10 nitrogen and oxygen atoms in total. The molecule has 6 atom stereocenters. The van der Waals surface area contributed by atoms with Gasteiger partial charge in [0.25, 0.3) is 0 Å². The van der Waals surface area contributed by atoms with Crippen molar-refractivity contribution in [2.24, 2.45) is 11.5 Å². The second-order valence-corrected chi connectivity index (χ2v) is 13.2. The lowest BCUT2D eigenvalue weighted by Crippen LogP contribution is -2.69. The highest BCUT2D eigenvalue weighted by Gasteiger charge is 2.64. The Balaban J connectivity index is 1.46. The fourth-order valence-corrected chi connectivity index (χ4v) is 7.94. The highest BCUT2D eigenvalue weighted by atomic mass is 32.2. The molecule has 0 aromatic heterocycles. The van der Waals surface area contributed by atoms with E-state index in [0.717, 1.165) is 0 Å². The number of carbonyl (C=O) groups excluding carboxylic acids is 4. The van der Waals surface area contributed by atoms with E-state index in [2.05, 4.69) is 0 Å². The summed E-state index contributed by atoms with van der Waals surface area (Å²) in [5.41, 5.74) is 11.7. The van der Waals surface area contributed by atoms with Crippen LogP contribution in [0.1, 0.15) is 47.5 Å². The molecule has 0 aliphatic carbocycles. The summed E-state index contributed by atoms with van der Waals surface area (Å²) in [7, 11) is 0. The van der Waals surface area contributed by atoms with Gasteiger partial charge in [-0.3, -0.25) is 9.59 Å². The third-order valence-corrected chi connectivity index (χ3v) is 9.62. The molecule has 4 aliphatic heterocycles. The maximum atomic E-state index is 13.1. The molecule has 12 heteroatoms. The third kappa shape index (κ3) is 3.41. The number of nitrogens with two attached hydrogens (primary N) is 2. The molecule has 4 aliphatic rings. The molecule has 0 saturated carbocycles. The number of carbonyl (C=O) groups is 4. The van der Waals surface area contributed by atoms with Gasteiger partial charge >= 0.3 is 11.9 Å². The average molecular weight is 487 g/mol. The zero-order valence-corrected chi connectivity index (χ0v) is 20.4. The summed E-state index contributed by atoms with van der Waals surface area (Å²) in [6, 6.07) is -2.89. The van der Waals surface area contributed by atoms with Gasteiger partial charge < -0.3 is 30.7 Å². The minimum atomic E-state index is -1.12. The molecule has 2 amide bonds. The molecule has 0 bridgehead atoms. The molecule has 4 heterocycles. The van der Waals surface area contributed by atoms with Crippen LogP contribution in [0.25, 0.3) is 0 Å². The zero-order chi connectivity index (χ0) is 23.7. The number of rotatable bonds is 6. The minimum absolute atomic E-state index is 0.267. The fourth-order valence-electron chi connectivity index (χ4n) is 4.81. The maximum absolute atomic E-state index is 13.1. The van der Waals surface area contributed by atoms with Gasteiger partial charge in [0.1, 0.15) is 34.9 Å². The van der Waals surface area contributed by atoms with Gasteiger partial charge in [-0.05, 0) is 34.1 Å². The van der Waals surface area contributed by atoms with E-state index in [-0.39, 0.29) is 22.6 Å². The van der Waals surface area contributed by atoms with E-state index in [0.29, 0.717) is 12.8 Å². The van der Waals surface area contributed by atoms with Crippen molar-refractivity contribution >= 4 is 47.3 Å². The van der Waals surface area contributed by atoms with Gasteiger partial charge in [-0.25, -0.2) is 9.59 Å². The first kappa shape index (κ1) is 23.7. The molecule has 4 fully saturated rings. The van der Waals surface area contributed by atoms with E-state index >= 15 is 0 Å². The molecule has 4 saturated heterocycles. The number of β-lactam (4-membered cyclic amide) rings is 2. The fraction of sp³-hybridized carbons (Fsp3) is 0.800. The molecule has 32 heavy (non-hydrogen) atoms. The minimum Gasteiger partial charge on any atom is -0.424 e. The summed E-state index contributed by atoms with van der Waals surface area (Å²) in [5.74, 6) is -1.84. The van der Waals surface area contributed by atoms with Crippen LogP contribution in [-0.4, -0.2) is 84.3 Å². The third-order valence-electron chi connectivity index (χ3n) is 6.43. The summed E-state index contributed by atoms with van der Waals surface area (Å²) in [6.45, 7) is 9.32. The molecule has 0 aromatic rings. The van der Waals surface area contributed by atoms with E-state index in [9.17, 15) is 19.2 Å². The van der Waals surface area contributed by atoms with Crippen LogP contribution < -0.4 is 11.5 Å². The number of fused-ring (bicyclic) bond motifs is 2. The molecular weight excluding hydrogens is 456 g/mol. The number of ether oxygens (including phenoxy) is 2. The van der Waals surface area contributed by atoms with E-state index in [1.807, 2.05) is 34.6 Å². The van der Waals surface area contributed by atoms with Crippen LogP contribution in [0, 0.1) is 0 Å². The van der Waals surface area contributed by atoms with Gasteiger partial charge in [-0.15, -0.1) is 23.5 Å². The van der Waals surface area contributed by atoms with E-state index in [1.54, 1.807) is 0 Å². The topological polar surface area (TPSA) is 145 Å². The monoisotopic (exact) mass is 486 g/mol. The molecule has 4 rings (SSSR count). The quantitative estimate of drug-likeness (QED) is 0.298. The predicted octanol–water partition coefficient (Wildman–Crippen LogP) is -0.0218. The van der Waals surface area contributed by atoms with Gasteiger partial charge in [0, 0.05) is 15.9 Å². The van der Waals surface area contributed by atoms with Crippen LogP contribution in [0.4, 0.5) is 0 Å². The summed E-state index contributed by atoms with van der Waals surface area (Å²) >= 11 is 2.92. The van der Waals surface area contributed by atoms with Crippen LogP contribution >= 0.6 is 23.5 Å². The maximum Gasteiger partial charge on any atom is 0.333 e. The molecule has 0 radical (unpaired) electrons. The lowest BCUT2D eigenvalue weighted by atomic mass is 9.96. The molecule has 178 valence electrons. The summed E-state index contributed by atoms with van der Waals surface area (Å²) in [4.78, 5) is 53.6. The van der Waals surface area contributed by atoms with Crippen molar-refractivity contribution < 1.29 is 28.7 Å². The highest BCUT2D eigenvalue weighted by molar-refractivity contribution is 8.02. The number of esters is 2. The SMILES string of the molecule is CCCC(OC(=O)[C@@H]1N2C(=O)[C@@H](N)[C@H]2SC1(C)C)OC(=O)[C@@H]1N2C(=O)[C@@H](N)[C@H]2SC1(C)C. The number of nitrogens with zero attached hydrogens (tertiary/aromatic N) is 2. The zero-order valence-electron chi connectivity index (χ0n) is 18.8. The van der Waals surface area contributed by atoms with Gasteiger partial charge in [0.15, 0.2) is 0 Å². The second kappa shape index (κ2) is 7.78. The first-order chi connectivity index (χ1) is 14.8. The largest absolute Gasteiger partial charge is 0.424 e. The van der Waals surface area contributed by atoms with Crippen LogP contribution in [0.2, 0.25) is 0 Å². The van der Waals surface area contributed by atoms with Crippen molar-refractivity contribution in [3.63, 3.8) is 0 Å². The van der Waals surface area contributed by atoms with Crippen LogP contribution in [-0.2, 0) is 28.7 Å². The predicted molar refractivity (Wildman–Crippen MR) is 119 cm³/mol. The summed E-state index contributed by atoms with van der Waals surface area (Å²) < 4.78 is 10.0. The number of hydrogen-bond donors (Lipinski definition) is 2. The molecule has 4 N–H and O–H groups in total. The van der Waals surface area contributed by atoms with E-state index in [4.69, 9.17) is 20.9 Å². The van der Waals surface area contributed by atoms with Gasteiger partial charge in [-0.2, -0.15) is 0 Å². The van der Waals surface area contributed by atoms with Crippen molar-refractivity contribution in [2.45, 2.75) is 98.2 Å². The van der Waals surface area contributed by atoms with Crippen molar-refractivity contribution in [2.75, 3.05) is 0 Å². The van der Waals surface area contributed by atoms with Crippen molar-refractivity contribution in [3.8, 4) is 0 Å². The van der Waals surface area contributed by atoms with Crippen molar-refractivity contribution in [1.82, 2.24) is 9.80 Å². The van der Waals surface area contributed by atoms with Gasteiger partial charge in [-0.1, -0.05) is 6.92 Å². The molecule has 0 unspecified atom stereocenters. The lowest BCUT2D eigenvalue weighted by Gasteiger charge is -2.42. The number of thioether (sulfide) groups is 2. The Morgan fingerprint density at radius 1 is 0.906 bits per heavy atom. The Kier molecular flexibility index (Phi) is 5.75. The second-order valence-electron chi connectivity index (χ2n) is 9.66. The smallest absolute Gasteiger partial charge is 0.333 e. The first-order valence-electron chi connectivity index (χ1n) is 10.7. The number of hydrogen-bond acceptors (Lipinski definition) is 10. The Bertz CT molecular complexity index is 801. The molecule has 0 spiro atoms. The Hall–Kier alpha value is -1.50. The number of amides is 2. The first-order valence-corrected chi connectivity index (χ1v) is 12.5. The summed E-state index contributed by atoms with van der Waals surface area (Å²) in [6.07, 6.45) is -0.218. The van der Waals surface area contributed by atoms with Crippen molar-refractivity contribution in [3.05, 3.63) is 0 Å². The van der Waals surface area contributed by atoms with Gasteiger partial charge in [0.05, 0.1) is 0 Å². The Morgan fingerprint density at radius 2 is 1.28 bits per heavy atom. The Morgan fingerprint density at radius 3 is 1.62 bits per heavy atom. The average Bonchev–Trinajstić information content (AvgIpc) is 3.13. The highest BCUT2D eigenvalue weighted by Crippen LogP contribution is 2.51. The Labute approximate surface area is 195 Å². The molecule has 0 aromatic carbocycles. The van der Waals surface area contributed by atoms with E-state index in [1.165, 1.54) is 33.3 Å². The summed E-state index contributed by atoms with van der Waals surface area (Å²) in [5, 5.41) is -0.533. The van der Waals surface area contributed by atoms with Crippen LogP contribution in [0.3, 0.4) is 0 Å². The van der Waals surface area contributed by atoms with Gasteiger partial charge in [0.2, 0.25) is 18.1 Å². The van der Waals surface area contributed by atoms with Crippen LogP contribution in [0.15, 0.2) is 0 Å². The normalized spacial score (nSPS) is 36.4. The van der Waals surface area contributed by atoms with Crippen LogP contribution in [0.5, 0.6) is 0 Å². The lowest BCUT2D eigenvalue weighted by molar-refractivity contribution is -0.200. The molecular formula is C20H30N4O6S2.